The molecule has 3 nitrogen and oxygen atoms in total. The normalized spacial score (nSPS) is 15.1. The Bertz CT molecular complexity index is 447. The minimum absolute atomic E-state index is 0.128. The second-order valence-electron chi connectivity index (χ2n) is 9.93. The zero-order chi connectivity index (χ0) is 19.6. The second kappa shape index (κ2) is 8.21. The van der Waals surface area contributed by atoms with Gasteiger partial charge in [-0.3, -0.25) is 4.79 Å². The molecular weight excluding hydrogens is 381 g/mol. The molecule has 0 fully saturated rings. The first-order valence-corrected chi connectivity index (χ1v) is 26.1. The van der Waals surface area contributed by atoms with E-state index in [4.69, 9.17) is 4.12 Å². The average Bonchev–Trinajstić information content (AvgIpc) is 2.33. The van der Waals surface area contributed by atoms with Crippen molar-refractivity contribution in [3.63, 3.8) is 0 Å². The van der Waals surface area contributed by atoms with Gasteiger partial charge in [-0.15, -0.1) is 0 Å². The van der Waals surface area contributed by atoms with Gasteiger partial charge in [0.25, 0.3) is 0 Å². The van der Waals surface area contributed by atoms with Gasteiger partial charge in [-0.25, -0.2) is 0 Å². The Labute approximate surface area is 154 Å². The number of carbonyl (C=O) groups excluding carboxylic acids is 2. The summed E-state index contributed by atoms with van der Waals surface area (Å²) in [5.74, 6) is 0. The van der Waals surface area contributed by atoms with Gasteiger partial charge >= 0.3 is 0 Å². The van der Waals surface area contributed by atoms with Gasteiger partial charge in [0, 0.05) is 6.42 Å². The number of allylic oxidation sites excluding steroid dienone is 1. The van der Waals surface area contributed by atoms with Crippen LogP contribution in [0, 0.1) is 0 Å². The standard InChI is InChI=1S/C16H38O3Si5/c1-15(2)16(18)20(14-12-13-17)19-24(21(3,4)5,22(6,7)8)23(9,10)11/h13,20H,1,12,14H2,2-11H3. The van der Waals surface area contributed by atoms with Crippen LogP contribution in [0.2, 0.25) is 65.0 Å². The predicted octanol–water partition coefficient (Wildman–Crippen LogP) is 4.20. The zero-order valence-corrected chi connectivity index (χ0v) is 22.7. The van der Waals surface area contributed by atoms with Gasteiger partial charge in [-0.05, 0) is 18.5 Å². The fourth-order valence-corrected chi connectivity index (χ4v) is 114. The summed E-state index contributed by atoms with van der Waals surface area (Å²) in [4.78, 5) is 23.7. The molecule has 8 heteroatoms. The summed E-state index contributed by atoms with van der Waals surface area (Å²) in [7, 11) is -6.89. The van der Waals surface area contributed by atoms with Crippen molar-refractivity contribution in [2.45, 2.75) is 78.3 Å². The van der Waals surface area contributed by atoms with Crippen LogP contribution in [0.5, 0.6) is 0 Å². The van der Waals surface area contributed by atoms with Crippen molar-refractivity contribution < 1.29 is 13.7 Å². The van der Waals surface area contributed by atoms with Crippen molar-refractivity contribution in [2.24, 2.45) is 0 Å². The number of aldehydes is 1. The highest BCUT2D eigenvalue weighted by Gasteiger charge is 2.64. The third kappa shape index (κ3) is 5.07. The van der Waals surface area contributed by atoms with Crippen molar-refractivity contribution in [3.05, 3.63) is 12.2 Å². The second-order valence-corrected chi connectivity index (χ2v) is 52.1. The summed E-state index contributed by atoms with van der Waals surface area (Å²) in [6.07, 6.45) is 1.36. The van der Waals surface area contributed by atoms with Crippen molar-refractivity contribution in [3.8, 4) is 0 Å². The molecule has 0 aromatic carbocycles. The first-order valence-electron chi connectivity index (χ1n) is 8.84. The van der Waals surface area contributed by atoms with Gasteiger partial charge in [0.05, 0.1) is 22.8 Å². The molecule has 0 saturated heterocycles. The van der Waals surface area contributed by atoms with Crippen molar-refractivity contribution >= 4 is 50.4 Å². The molecule has 0 amide bonds. The van der Waals surface area contributed by atoms with E-state index in [1.165, 1.54) is 0 Å². The highest BCUT2D eigenvalue weighted by molar-refractivity contribution is 7.87. The van der Waals surface area contributed by atoms with Crippen LogP contribution < -0.4 is 0 Å². The molecule has 0 N–H and O–H groups in total. The molecule has 0 spiro atoms. The lowest BCUT2D eigenvalue weighted by Crippen LogP contribution is -2.85. The first kappa shape index (κ1) is 24.1. The summed E-state index contributed by atoms with van der Waals surface area (Å²) >= 11 is 0. The van der Waals surface area contributed by atoms with Gasteiger partial charge in [-0.1, -0.05) is 65.5 Å². The lowest BCUT2D eigenvalue weighted by Gasteiger charge is -2.57. The van der Waals surface area contributed by atoms with Gasteiger partial charge in [-0.2, -0.15) is 0 Å². The van der Waals surface area contributed by atoms with E-state index in [0.717, 1.165) is 6.29 Å². The van der Waals surface area contributed by atoms with Gasteiger partial charge < -0.3 is 8.91 Å². The molecule has 0 aromatic rings. The van der Waals surface area contributed by atoms with Crippen LogP contribution in [0.3, 0.4) is 0 Å². The largest absolute Gasteiger partial charge is 0.459 e. The van der Waals surface area contributed by atoms with Crippen molar-refractivity contribution in [2.75, 3.05) is 0 Å². The molecular formula is C16H38O3Si5. The van der Waals surface area contributed by atoms with Crippen LogP contribution in [0.4, 0.5) is 0 Å². The molecule has 0 aliphatic rings. The van der Waals surface area contributed by atoms with Crippen LogP contribution in [0.1, 0.15) is 13.3 Å². The molecule has 0 aliphatic carbocycles. The maximum atomic E-state index is 12.8. The summed E-state index contributed by atoms with van der Waals surface area (Å²) in [5.41, 5.74) is 0.599. The van der Waals surface area contributed by atoms with E-state index >= 15 is 0 Å². The minimum Gasteiger partial charge on any atom is -0.459 e. The van der Waals surface area contributed by atoms with E-state index in [1.54, 1.807) is 6.92 Å². The fraction of sp³-hybridized carbons (Fsp3) is 0.750. The molecule has 0 bridgehead atoms. The molecule has 0 heterocycles. The molecule has 0 radical (unpaired) electrons. The Balaban J connectivity index is 6.28. The monoisotopic (exact) mass is 418 g/mol. The maximum absolute atomic E-state index is 12.8. The fourth-order valence-electron chi connectivity index (χ4n) is 4.86. The number of rotatable bonds is 10. The Morgan fingerprint density at radius 2 is 1.33 bits per heavy atom. The van der Waals surface area contributed by atoms with Gasteiger partial charge in [0.2, 0.25) is 9.04 Å². The zero-order valence-electron chi connectivity index (χ0n) is 17.5. The van der Waals surface area contributed by atoms with Crippen LogP contribution in [-0.2, 0) is 13.7 Å². The summed E-state index contributed by atoms with van der Waals surface area (Å²) in [6, 6.07) is 0.628. The minimum atomic E-state index is -2.13. The van der Waals surface area contributed by atoms with E-state index in [9.17, 15) is 9.59 Å². The van der Waals surface area contributed by atoms with Gasteiger partial charge in [0.1, 0.15) is 13.2 Å². The summed E-state index contributed by atoms with van der Waals surface area (Å²) in [6.45, 7) is 25.7. The molecule has 1 atom stereocenters. The Morgan fingerprint density at radius 1 is 0.958 bits per heavy atom. The predicted molar refractivity (Wildman–Crippen MR) is 119 cm³/mol. The molecule has 0 rings (SSSR count). The Hall–Kier alpha value is 0.124. The third-order valence-electron chi connectivity index (χ3n) is 4.75. The summed E-state index contributed by atoms with van der Waals surface area (Å²) in [5, 5.41) is 0.128. The first-order chi connectivity index (χ1) is 10.5. The topological polar surface area (TPSA) is 43.4 Å². The van der Waals surface area contributed by atoms with Gasteiger partial charge in [0.15, 0.2) is 5.41 Å². The number of hydrogen-bond donors (Lipinski definition) is 0. The van der Waals surface area contributed by atoms with Crippen LogP contribution >= 0.6 is 0 Å². The van der Waals surface area contributed by atoms with Crippen LogP contribution in [0.15, 0.2) is 12.2 Å². The molecule has 1 unspecified atom stereocenters. The Kier molecular flexibility index (Phi) is 8.26. The van der Waals surface area contributed by atoms with Crippen molar-refractivity contribution in [1.29, 1.82) is 0 Å². The molecule has 140 valence electrons. The smallest absolute Gasteiger partial charge is 0.244 e. The van der Waals surface area contributed by atoms with E-state index in [1.807, 2.05) is 0 Å². The molecule has 0 aromatic heterocycles. The number of hydrogen-bond acceptors (Lipinski definition) is 3. The Morgan fingerprint density at radius 3 is 1.58 bits per heavy atom. The summed E-state index contributed by atoms with van der Waals surface area (Å²) < 4.78 is 7.15. The number of carbonyl (C=O) groups is 2. The average molecular weight is 419 g/mol. The van der Waals surface area contributed by atoms with Crippen molar-refractivity contribution in [1.82, 2.24) is 0 Å². The van der Waals surface area contributed by atoms with E-state index in [2.05, 4.69) is 65.5 Å². The van der Waals surface area contributed by atoms with E-state index < -0.39 is 38.7 Å². The SMILES string of the molecule is C=C(C)C(=O)[SiH](CCC=O)O[Si]([Si](C)(C)C)([Si](C)(C)C)[Si](C)(C)C. The van der Waals surface area contributed by atoms with E-state index in [-0.39, 0.29) is 5.41 Å². The third-order valence-corrected chi connectivity index (χ3v) is 78.3. The molecule has 0 saturated carbocycles. The lowest BCUT2D eigenvalue weighted by atomic mass is 10.4. The van der Waals surface area contributed by atoms with Crippen LogP contribution in [-0.4, -0.2) is 50.4 Å². The van der Waals surface area contributed by atoms with E-state index in [0.29, 0.717) is 18.0 Å². The lowest BCUT2D eigenvalue weighted by molar-refractivity contribution is -0.109. The molecule has 24 heavy (non-hydrogen) atoms. The maximum Gasteiger partial charge on any atom is 0.244 e. The van der Waals surface area contributed by atoms with Crippen LogP contribution in [0.25, 0.3) is 0 Å². The molecule has 0 aliphatic heterocycles. The quantitative estimate of drug-likeness (QED) is 0.303. The highest BCUT2D eigenvalue weighted by Crippen LogP contribution is 2.38. The highest BCUT2D eigenvalue weighted by atomic mass is 29.9.